The van der Waals surface area contributed by atoms with Gasteiger partial charge in [0.15, 0.2) is 0 Å². The van der Waals surface area contributed by atoms with Crippen molar-refractivity contribution in [2.45, 2.75) is 32.0 Å². The van der Waals surface area contributed by atoms with Gasteiger partial charge in [-0.1, -0.05) is 42.0 Å². The number of rotatable bonds is 2. The first-order chi connectivity index (χ1) is 11.7. The average molecular weight is 338 g/mol. The van der Waals surface area contributed by atoms with Crippen molar-refractivity contribution in [2.24, 2.45) is 0 Å². The number of benzene rings is 2. The summed E-state index contributed by atoms with van der Waals surface area (Å²) in [6, 6.07) is 16.4. The third kappa shape index (κ3) is 2.69. The number of fused-ring (bicyclic) bond motifs is 1. The van der Waals surface area contributed by atoms with Crippen LogP contribution >= 0.6 is 11.8 Å². The molecule has 24 heavy (non-hydrogen) atoms. The van der Waals surface area contributed by atoms with Gasteiger partial charge in [0.2, 0.25) is 0 Å². The van der Waals surface area contributed by atoms with Gasteiger partial charge in [-0.2, -0.15) is 11.8 Å². The van der Waals surface area contributed by atoms with Gasteiger partial charge in [0.25, 0.3) is 5.91 Å². The van der Waals surface area contributed by atoms with E-state index in [2.05, 4.69) is 41.4 Å². The van der Waals surface area contributed by atoms with Gasteiger partial charge in [-0.15, -0.1) is 0 Å². The first kappa shape index (κ1) is 15.6. The van der Waals surface area contributed by atoms with Crippen LogP contribution in [0.3, 0.4) is 0 Å². The van der Waals surface area contributed by atoms with Crippen molar-refractivity contribution in [3.63, 3.8) is 0 Å². The van der Waals surface area contributed by atoms with Gasteiger partial charge in [-0.3, -0.25) is 4.79 Å². The number of nitrogens with zero attached hydrogens (tertiary/aromatic N) is 1. The highest BCUT2D eigenvalue weighted by atomic mass is 32.2. The Bertz CT molecular complexity index is 750. The minimum atomic E-state index is -0.248. The summed E-state index contributed by atoms with van der Waals surface area (Å²) in [4.78, 5) is 15.3. The van der Waals surface area contributed by atoms with Crippen LogP contribution in [-0.2, 0) is 6.54 Å². The Morgan fingerprint density at radius 2 is 1.79 bits per heavy atom. The molecule has 2 aliphatic rings. The third-order valence-electron chi connectivity index (χ3n) is 5.07. The summed E-state index contributed by atoms with van der Waals surface area (Å²) in [5.41, 5.74) is 3.95. The fourth-order valence-electron chi connectivity index (χ4n) is 3.64. The smallest absolute Gasteiger partial charge is 0.258 e. The van der Waals surface area contributed by atoms with E-state index in [0.29, 0.717) is 6.54 Å². The molecule has 4 heteroatoms. The van der Waals surface area contributed by atoms with Crippen LogP contribution in [0.1, 0.15) is 34.3 Å². The van der Waals surface area contributed by atoms with E-state index in [9.17, 15) is 4.79 Å². The molecule has 0 saturated carbocycles. The van der Waals surface area contributed by atoms with Crippen LogP contribution in [0.5, 0.6) is 0 Å². The minimum Gasteiger partial charge on any atom is -0.362 e. The normalized spacial score (nSPS) is 19.0. The molecule has 1 spiro atoms. The predicted octanol–water partition coefficient (Wildman–Crippen LogP) is 4.29. The van der Waals surface area contributed by atoms with Crippen LogP contribution in [0.2, 0.25) is 0 Å². The number of para-hydroxylation sites is 1. The molecule has 1 fully saturated rings. The highest BCUT2D eigenvalue weighted by Gasteiger charge is 2.45. The van der Waals surface area contributed by atoms with Crippen molar-refractivity contribution in [1.82, 2.24) is 4.90 Å². The molecule has 2 heterocycles. The summed E-state index contributed by atoms with van der Waals surface area (Å²) < 4.78 is 0. The van der Waals surface area contributed by atoms with E-state index < -0.39 is 0 Å². The lowest BCUT2D eigenvalue weighted by molar-refractivity contribution is 0.0452. The zero-order valence-corrected chi connectivity index (χ0v) is 14.7. The Labute approximate surface area is 147 Å². The van der Waals surface area contributed by atoms with E-state index in [1.54, 1.807) is 0 Å². The highest BCUT2D eigenvalue weighted by molar-refractivity contribution is 7.99. The van der Waals surface area contributed by atoms with Gasteiger partial charge >= 0.3 is 0 Å². The number of nitrogens with one attached hydrogen (secondary N) is 1. The molecule has 1 saturated heterocycles. The Hall–Kier alpha value is -1.94. The number of hydrogen-bond donors (Lipinski definition) is 1. The molecule has 0 unspecified atom stereocenters. The zero-order valence-electron chi connectivity index (χ0n) is 13.9. The van der Waals surface area contributed by atoms with Crippen molar-refractivity contribution in [3.05, 3.63) is 65.2 Å². The molecular formula is C20H22N2OS. The molecule has 0 atom stereocenters. The second-order valence-corrected chi connectivity index (χ2v) is 7.92. The Morgan fingerprint density at radius 3 is 2.54 bits per heavy atom. The lowest BCUT2D eigenvalue weighted by Gasteiger charge is -2.50. The first-order valence-corrected chi connectivity index (χ1v) is 9.66. The van der Waals surface area contributed by atoms with Crippen molar-refractivity contribution in [2.75, 3.05) is 16.8 Å². The molecule has 2 aliphatic heterocycles. The number of thioether (sulfide) groups is 1. The molecule has 0 aromatic heterocycles. The molecule has 1 N–H and O–H groups in total. The predicted molar refractivity (Wildman–Crippen MR) is 100 cm³/mol. The van der Waals surface area contributed by atoms with Crippen LogP contribution in [-0.4, -0.2) is 28.0 Å². The molecule has 124 valence electrons. The summed E-state index contributed by atoms with van der Waals surface area (Å²) in [6.45, 7) is 2.75. The van der Waals surface area contributed by atoms with Crippen molar-refractivity contribution in [1.29, 1.82) is 0 Å². The summed E-state index contributed by atoms with van der Waals surface area (Å²) in [5, 5.41) is 3.72. The topological polar surface area (TPSA) is 32.3 Å². The second kappa shape index (κ2) is 6.17. The van der Waals surface area contributed by atoms with Gasteiger partial charge in [0.1, 0.15) is 5.66 Å². The fourth-order valence-corrected chi connectivity index (χ4v) is 4.81. The van der Waals surface area contributed by atoms with Crippen LogP contribution in [0, 0.1) is 6.92 Å². The maximum absolute atomic E-state index is 13.2. The van der Waals surface area contributed by atoms with E-state index in [1.807, 2.05) is 36.0 Å². The van der Waals surface area contributed by atoms with E-state index in [-0.39, 0.29) is 11.6 Å². The van der Waals surface area contributed by atoms with E-state index in [4.69, 9.17) is 0 Å². The molecule has 0 aliphatic carbocycles. The van der Waals surface area contributed by atoms with E-state index in [1.165, 1.54) is 11.1 Å². The molecule has 1 amide bonds. The summed E-state index contributed by atoms with van der Waals surface area (Å²) in [5.74, 6) is 2.33. The van der Waals surface area contributed by atoms with Gasteiger partial charge in [0, 0.05) is 12.2 Å². The van der Waals surface area contributed by atoms with Crippen LogP contribution in [0.25, 0.3) is 0 Å². The molecule has 0 radical (unpaired) electrons. The number of amides is 1. The lowest BCUT2D eigenvalue weighted by atomic mass is 9.93. The Morgan fingerprint density at radius 1 is 1.08 bits per heavy atom. The highest BCUT2D eigenvalue weighted by Crippen LogP contribution is 2.40. The third-order valence-corrected chi connectivity index (χ3v) is 6.05. The molecule has 3 nitrogen and oxygen atoms in total. The molecule has 0 bridgehead atoms. The fraction of sp³-hybridized carbons (Fsp3) is 0.350. The van der Waals surface area contributed by atoms with Crippen molar-refractivity contribution < 1.29 is 4.79 Å². The molecular weight excluding hydrogens is 316 g/mol. The SMILES string of the molecule is Cc1ccc(CN2C(=O)c3ccccc3NC23CCSCC3)cc1. The average Bonchev–Trinajstić information content (AvgIpc) is 2.61. The monoisotopic (exact) mass is 338 g/mol. The van der Waals surface area contributed by atoms with Crippen molar-refractivity contribution in [3.8, 4) is 0 Å². The van der Waals surface area contributed by atoms with Gasteiger partial charge in [0.05, 0.1) is 5.56 Å². The van der Waals surface area contributed by atoms with E-state index in [0.717, 1.165) is 35.6 Å². The lowest BCUT2D eigenvalue weighted by Crippen LogP contribution is -2.61. The zero-order chi connectivity index (χ0) is 16.6. The number of anilines is 1. The summed E-state index contributed by atoms with van der Waals surface area (Å²) in [6.07, 6.45) is 1.98. The number of carbonyl (C=O) groups excluding carboxylic acids is 1. The standard InChI is InChI=1S/C20H22N2OS/c1-15-6-8-16(9-7-15)14-22-19(23)17-4-2-3-5-18(17)21-20(22)10-12-24-13-11-20/h2-9,21H,10-14H2,1H3. The van der Waals surface area contributed by atoms with Crippen LogP contribution in [0.15, 0.2) is 48.5 Å². The molecule has 2 aromatic carbocycles. The Balaban J connectivity index is 1.73. The largest absolute Gasteiger partial charge is 0.362 e. The number of hydrogen-bond acceptors (Lipinski definition) is 3. The maximum Gasteiger partial charge on any atom is 0.258 e. The van der Waals surface area contributed by atoms with Crippen LogP contribution in [0.4, 0.5) is 5.69 Å². The molecule has 2 aromatic rings. The van der Waals surface area contributed by atoms with E-state index >= 15 is 0 Å². The maximum atomic E-state index is 13.2. The number of aryl methyl sites for hydroxylation is 1. The number of carbonyl (C=O) groups is 1. The van der Waals surface area contributed by atoms with Gasteiger partial charge < -0.3 is 10.2 Å². The van der Waals surface area contributed by atoms with Crippen LogP contribution < -0.4 is 5.32 Å². The minimum absolute atomic E-state index is 0.150. The second-order valence-electron chi connectivity index (χ2n) is 6.69. The quantitative estimate of drug-likeness (QED) is 0.887. The van der Waals surface area contributed by atoms with Crippen molar-refractivity contribution >= 4 is 23.4 Å². The Kier molecular flexibility index (Phi) is 4.01. The summed E-state index contributed by atoms with van der Waals surface area (Å²) >= 11 is 1.98. The summed E-state index contributed by atoms with van der Waals surface area (Å²) in [7, 11) is 0. The van der Waals surface area contributed by atoms with Gasteiger partial charge in [-0.25, -0.2) is 0 Å². The first-order valence-electron chi connectivity index (χ1n) is 8.50. The molecule has 4 rings (SSSR count). The van der Waals surface area contributed by atoms with Gasteiger partial charge in [-0.05, 0) is 49.0 Å².